The van der Waals surface area contributed by atoms with Gasteiger partial charge < -0.3 is 5.32 Å². The first-order valence-corrected chi connectivity index (χ1v) is 6.61. The van der Waals surface area contributed by atoms with Crippen LogP contribution in [0.25, 0.3) is 11.1 Å². The Morgan fingerprint density at radius 1 is 0.947 bits per heavy atom. The molecule has 1 fully saturated rings. The van der Waals surface area contributed by atoms with Crippen molar-refractivity contribution in [3.63, 3.8) is 0 Å². The van der Waals surface area contributed by atoms with Crippen LogP contribution in [-0.2, 0) is 0 Å². The topological polar surface area (TPSA) is 37.8 Å². The molecule has 0 saturated carbocycles. The molecule has 0 radical (unpaired) electrons. The van der Waals surface area contributed by atoms with E-state index in [4.69, 9.17) is 0 Å². The fourth-order valence-corrected chi connectivity index (χ4v) is 2.42. The first-order chi connectivity index (χ1) is 9.33. The van der Waals surface area contributed by atoms with Gasteiger partial charge in [0.2, 0.25) is 0 Å². The zero-order valence-electron chi connectivity index (χ0n) is 10.6. The van der Waals surface area contributed by atoms with Crippen LogP contribution in [-0.4, -0.2) is 23.1 Å². The monoisotopic (exact) mass is 257 g/mol. The van der Waals surface area contributed by atoms with E-state index in [0.717, 1.165) is 42.9 Å². The fourth-order valence-electron chi connectivity index (χ4n) is 2.42. The van der Waals surface area contributed by atoms with E-state index in [9.17, 15) is 4.39 Å². The Morgan fingerprint density at radius 3 is 2.21 bits per heavy atom. The molecule has 1 aliphatic heterocycles. The number of hydrogen-bond acceptors (Lipinski definition) is 3. The Hall–Kier alpha value is -1.81. The van der Waals surface area contributed by atoms with Crippen molar-refractivity contribution < 1.29 is 4.39 Å². The second kappa shape index (κ2) is 5.45. The van der Waals surface area contributed by atoms with Gasteiger partial charge in [0.15, 0.2) is 0 Å². The SMILES string of the molecule is Fc1ccc(-c2cnc(C3CCNCC3)nc2)cc1. The molecule has 1 aliphatic rings. The van der Waals surface area contributed by atoms with Crippen LogP contribution in [0.15, 0.2) is 36.7 Å². The maximum absolute atomic E-state index is 12.9. The van der Waals surface area contributed by atoms with Gasteiger partial charge in [-0.3, -0.25) is 0 Å². The Balaban J connectivity index is 1.80. The number of hydrogen-bond donors (Lipinski definition) is 1. The van der Waals surface area contributed by atoms with Gasteiger partial charge in [0.25, 0.3) is 0 Å². The largest absolute Gasteiger partial charge is 0.317 e. The summed E-state index contributed by atoms with van der Waals surface area (Å²) in [5.41, 5.74) is 1.87. The van der Waals surface area contributed by atoms with Gasteiger partial charge in [0.05, 0.1) is 0 Å². The Morgan fingerprint density at radius 2 is 1.58 bits per heavy atom. The molecule has 2 aromatic rings. The van der Waals surface area contributed by atoms with E-state index in [1.165, 1.54) is 12.1 Å². The smallest absolute Gasteiger partial charge is 0.131 e. The number of nitrogens with one attached hydrogen (secondary N) is 1. The molecule has 0 spiro atoms. The number of halogens is 1. The van der Waals surface area contributed by atoms with Crippen molar-refractivity contribution in [2.75, 3.05) is 13.1 Å². The summed E-state index contributed by atoms with van der Waals surface area (Å²) in [6.45, 7) is 2.07. The predicted octanol–water partition coefficient (Wildman–Crippen LogP) is 2.75. The lowest BCUT2D eigenvalue weighted by Gasteiger charge is -2.21. The minimum atomic E-state index is -0.226. The minimum Gasteiger partial charge on any atom is -0.317 e. The van der Waals surface area contributed by atoms with E-state index in [2.05, 4.69) is 15.3 Å². The third kappa shape index (κ3) is 2.79. The zero-order valence-corrected chi connectivity index (χ0v) is 10.6. The molecule has 0 bridgehead atoms. The third-order valence-corrected chi connectivity index (χ3v) is 3.55. The molecule has 98 valence electrons. The van der Waals surface area contributed by atoms with E-state index in [1.54, 1.807) is 12.1 Å². The maximum atomic E-state index is 12.9. The molecular formula is C15H16FN3. The molecular weight excluding hydrogens is 241 g/mol. The molecule has 1 aromatic heterocycles. The second-order valence-corrected chi connectivity index (χ2v) is 4.86. The molecule has 0 aliphatic carbocycles. The minimum absolute atomic E-state index is 0.226. The van der Waals surface area contributed by atoms with Crippen LogP contribution in [0, 0.1) is 5.82 Å². The van der Waals surface area contributed by atoms with E-state index >= 15 is 0 Å². The number of piperidine rings is 1. The van der Waals surface area contributed by atoms with Crippen molar-refractivity contribution in [1.82, 2.24) is 15.3 Å². The van der Waals surface area contributed by atoms with Crippen molar-refractivity contribution in [3.05, 3.63) is 48.3 Å². The summed E-state index contributed by atoms with van der Waals surface area (Å²) in [6, 6.07) is 6.41. The maximum Gasteiger partial charge on any atom is 0.131 e. The van der Waals surface area contributed by atoms with Gasteiger partial charge in [-0.25, -0.2) is 14.4 Å². The third-order valence-electron chi connectivity index (χ3n) is 3.55. The van der Waals surface area contributed by atoms with Crippen LogP contribution in [0.1, 0.15) is 24.6 Å². The van der Waals surface area contributed by atoms with Crippen LogP contribution >= 0.6 is 0 Å². The molecule has 0 amide bonds. The summed E-state index contributed by atoms with van der Waals surface area (Å²) in [5, 5.41) is 3.34. The zero-order chi connectivity index (χ0) is 13.1. The van der Waals surface area contributed by atoms with Gasteiger partial charge in [0, 0.05) is 23.9 Å². The normalized spacial score (nSPS) is 16.5. The van der Waals surface area contributed by atoms with Gasteiger partial charge in [0.1, 0.15) is 11.6 Å². The van der Waals surface area contributed by atoms with Gasteiger partial charge in [-0.05, 0) is 43.6 Å². The lowest BCUT2D eigenvalue weighted by atomic mass is 9.97. The highest BCUT2D eigenvalue weighted by molar-refractivity contribution is 5.61. The summed E-state index contributed by atoms with van der Waals surface area (Å²) >= 11 is 0. The first kappa shape index (κ1) is 12.2. The van der Waals surface area contributed by atoms with Crippen LogP contribution in [0.3, 0.4) is 0 Å². The van der Waals surface area contributed by atoms with Gasteiger partial charge in [-0.2, -0.15) is 0 Å². The predicted molar refractivity (Wildman–Crippen MR) is 72.3 cm³/mol. The van der Waals surface area contributed by atoms with Gasteiger partial charge in [-0.15, -0.1) is 0 Å². The molecule has 2 heterocycles. The summed E-state index contributed by atoms with van der Waals surface area (Å²) < 4.78 is 12.9. The Kier molecular flexibility index (Phi) is 3.51. The summed E-state index contributed by atoms with van der Waals surface area (Å²) in [5.74, 6) is 1.16. The van der Waals surface area contributed by atoms with Crippen LogP contribution in [0.5, 0.6) is 0 Å². The molecule has 3 nitrogen and oxygen atoms in total. The quantitative estimate of drug-likeness (QED) is 0.899. The lowest BCUT2D eigenvalue weighted by Crippen LogP contribution is -2.27. The van der Waals surface area contributed by atoms with Crippen LogP contribution in [0.2, 0.25) is 0 Å². The fraction of sp³-hybridized carbons (Fsp3) is 0.333. The average Bonchev–Trinajstić information content (AvgIpc) is 2.49. The van der Waals surface area contributed by atoms with Crippen molar-refractivity contribution in [2.45, 2.75) is 18.8 Å². The van der Waals surface area contributed by atoms with E-state index in [1.807, 2.05) is 12.4 Å². The summed E-state index contributed by atoms with van der Waals surface area (Å²) in [7, 11) is 0. The van der Waals surface area contributed by atoms with Crippen molar-refractivity contribution in [3.8, 4) is 11.1 Å². The molecule has 19 heavy (non-hydrogen) atoms. The van der Waals surface area contributed by atoms with E-state index in [-0.39, 0.29) is 5.82 Å². The standard InChI is InChI=1S/C15H16FN3/c16-14-3-1-11(2-4-14)13-9-18-15(19-10-13)12-5-7-17-8-6-12/h1-4,9-10,12,17H,5-8H2. The average molecular weight is 257 g/mol. The van der Waals surface area contributed by atoms with Crippen molar-refractivity contribution in [2.24, 2.45) is 0 Å². The highest BCUT2D eigenvalue weighted by atomic mass is 19.1. The Bertz CT molecular complexity index is 530. The molecule has 0 atom stereocenters. The molecule has 0 unspecified atom stereocenters. The van der Waals surface area contributed by atoms with E-state index in [0.29, 0.717) is 5.92 Å². The van der Waals surface area contributed by atoms with Crippen LogP contribution in [0.4, 0.5) is 4.39 Å². The number of nitrogens with zero attached hydrogens (tertiary/aromatic N) is 2. The van der Waals surface area contributed by atoms with E-state index < -0.39 is 0 Å². The van der Waals surface area contributed by atoms with Crippen molar-refractivity contribution >= 4 is 0 Å². The Labute approximate surface area is 111 Å². The van der Waals surface area contributed by atoms with Crippen molar-refractivity contribution in [1.29, 1.82) is 0 Å². The summed E-state index contributed by atoms with van der Waals surface area (Å²) in [4.78, 5) is 8.94. The number of rotatable bonds is 2. The number of benzene rings is 1. The molecule has 1 N–H and O–H groups in total. The number of aromatic nitrogens is 2. The van der Waals surface area contributed by atoms with Crippen LogP contribution < -0.4 is 5.32 Å². The second-order valence-electron chi connectivity index (χ2n) is 4.86. The first-order valence-electron chi connectivity index (χ1n) is 6.61. The van der Waals surface area contributed by atoms with Gasteiger partial charge in [-0.1, -0.05) is 12.1 Å². The highest BCUT2D eigenvalue weighted by Crippen LogP contribution is 2.23. The van der Waals surface area contributed by atoms with Gasteiger partial charge >= 0.3 is 0 Å². The molecule has 1 aromatic carbocycles. The summed E-state index contributed by atoms with van der Waals surface area (Å²) in [6.07, 6.45) is 5.85. The lowest BCUT2D eigenvalue weighted by molar-refractivity contribution is 0.445. The molecule has 4 heteroatoms. The highest BCUT2D eigenvalue weighted by Gasteiger charge is 2.17. The molecule has 1 saturated heterocycles. The molecule has 3 rings (SSSR count).